The second-order valence-electron chi connectivity index (χ2n) is 5.94. The van der Waals surface area contributed by atoms with E-state index in [1.54, 1.807) is 31.4 Å². The largest absolute Gasteiger partial charge is 0.495 e. The summed E-state index contributed by atoms with van der Waals surface area (Å²) in [6.45, 7) is 2.26. The van der Waals surface area contributed by atoms with Crippen molar-refractivity contribution in [2.75, 3.05) is 12.4 Å². The van der Waals surface area contributed by atoms with Crippen LogP contribution in [-0.2, 0) is 6.54 Å². The van der Waals surface area contributed by atoms with Crippen molar-refractivity contribution in [3.05, 3.63) is 77.2 Å². The molecular formula is C20H19FN4O2. The van der Waals surface area contributed by atoms with Crippen molar-refractivity contribution in [3.63, 3.8) is 0 Å². The molecule has 0 aliphatic rings. The average Bonchev–Trinajstić information content (AvgIpc) is 2.68. The number of ether oxygens (including phenoxy) is 1. The second kappa shape index (κ2) is 8.27. The minimum absolute atomic E-state index is 0.193. The van der Waals surface area contributed by atoms with Crippen LogP contribution in [-0.4, -0.2) is 23.2 Å². The van der Waals surface area contributed by atoms with Gasteiger partial charge in [0.05, 0.1) is 12.8 Å². The third kappa shape index (κ3) is 4.78. The maximum atomic E-state index is 12.9. The molecule has 0 bridgehead atoms. The molecule has 1 heterocycles. The Morgan fingerprint density at radius 1 is 1.07 bits per heavy atom. The highest BCUT2D eigenvalue weighted by atomic mass is 19.1. The SMILES string of the molecule is COc1ccc(C)cc1Nc1ccc(C(=O)NCc2ccc(F)cc2)nn1. The van der Waals surface area contributed by atoms with Crippen LogP contribution in [0.25, 0.3) is 0 Å². The van der Waals surface area contributed by atoms with E-state index in [0.717, 1.165) is 16.8 Å². The number of nitrogens with one attached hydrogen (secondary N) is 2. The monoisotopic (exact) mass is 366 g/mol. The molecule has 7 heteroatoms. The first-order valence-corrected chi connectivity index (χ1v) is 8.33. The zero-order chi connectivity index (χ0) is 19.2. The Kier molecular flexibility index (Phi) is 5.61. The minimum atomic E-state index is -0.355. The number of aromatic nitrogens is 2. The van der Waals surface area contributed by atoms with Gasteiger partial charge in [0.25, 0.3) is 5.91 Å². The van der Waals surface area contributed by atoms with Gasteiger partial charge in [0, 0.05) is 6.54 Å². The van der Waals surface area contributed by atoms with Crippen LogP contribution in [0, 0.1) is 12.7 Å². The highest BCUT2D eigenvalue weighted by Gasteiger charge is 2.09. The summed E-state index contributed by atoms with van der Waals surface area (Å²) in [6, 6.07) is 14.9. The lowest BCUT2D eigenvalue weighted by Crippen LogP contribution is -2.24. The molecule has 1 amide bonds. The van der Waals surface area contributed by atoms with Gasteiger partial charge < -0.3 is 15.4 Å². The molecule has 0 atom stereocenters. The van der Waals surface area contributed by atoms with Crippen molar-refractivity contribution >= 4 is 17.4 Å². The van der Waals surface area contributed by atoms with Crippen LogP contribution in [0.1, 0.15) is 21.6 Å². The Balaban J connectivity index is 1.63. The molecule has 2 aromatic carbocycles. The fraction of sp³-hybridized carbons (Fsp3) is 0.150. The molecule has 2 N–H and O–H groups in total. The number of carbonyl (C=O) groups excluding carboxylic acids is 1. The summed E-state index contributed by atoms with van der Waals surface area (Å²) < 4.78 is 18.2. The van der Waals surface area contributed by atoms with Gasteiger partial charge in [0.2, 0.25) is 0 Å². The number of anilines is 2. The lowest BCUT2D eigenvalue weighted by molar-refractivity contribution is 0.0945. The van der Waals surface area contributed by atoms with Crippen molar-refractivity contribution < 1.29 is 13.9 Å². The third-order valence-electron chi connectivity index (χ3n) is 3.88. The standard InChI is InChI=1S/C20H19FN4O2/c1-13-3-9-18(27-2)17(11-13)23-19-10-8-16(24-25-19)20(26)22-12-14-4-6-15(21)7-5-14/h3-11H,12H2,1-2H3,(H,22,26)(H,23,25). The molecule has 0 fully saturated rings. The van der Waals surface area contributed by atoms with Gasteiger partial charge in [0.1, 0.15) is 11.6 Å². The third-order valence-corrected chi connectivity index (χ3v) is 3.88. The number of hydrogen-bond acceptors (Lipinski definition) is 5. The van der Waals surface area contributed by atoms with Gasteiger partial charge in [-0.1, -0.05) is 18.2 Å². The number of amides is 1. The van der Waals surface area contributed by atoms with E-state index in [9.17, 15) is 9.18 Å². The van der Waals surface area contributed by atoms with Gasteiger partial charge in [-0.05, 0) is 54.4 Å². The lowest BCUT2D eigenvalue weighted by Gasteiger charge is -2.11. The predicted molar refractivity (Wildman–Crippen MR) is 101 cm³/mol. The summed E-state index contributed by atoms with van der Waals surface area (Å²) in [7, 11) is 1.59. The molecule has 1 aromatic heterocycles. The van der Waals surface area contributed by atoms with Crippen LogP contribution in [0.5, 0.6) is 5.75 Å². The number of hydrogen-bond donors (Lipinski definition) is 2. The Hall–Kier alpha value is -3.48. The van der Waals surface area contributed by atoms with E-state index < -0.39 is 0 Å². The van der Waals surface area contributed by atoms with Crippen LogP contribution in [0.2, 0.25) is 0 Å². The first kappa shape index (κ1) is 18.3. The number of rotatable bonds is 6. The molecule has 0 saturated carbocycles. The smallest absolute Gasteiger partial charge is 0.272 e. The first-order valence-electron chi connectivity index (χ1n) is 8.33. The Bertz CT molecular complexity index is 928. The number of carbonyl (C=O) groups is 1. The highest BCUT2D eigenvalue weighted by Crippen LogP contribution is 2.27. The summed E-state index contributed by atoms with van der Waals surface area (Å²) in [4.78, 5) is 12.2. The van der Waals surface area contributed by atoms with Gasteiger partial charge in [-0.3, -0.25) is 4.79 Å². The van der Waals surface area contributed by atoms with Crippen molar-refractivity contribution in [3.8, 4) is 5.75 Å². The minimum Gasteiger partial charge on any atom is -0.495 e. The van der Waals surface area contributed by atoms with Gasteiger partial charge >= 0.3 is 0 Å². The predicted octanol–water partition coefficient (Wildman–Crippen LogP) is 3.61. The van der Waals surface area contributed by atoms with Gasteiger partial charge in [0.15, 0.2) is 11.5 Å². The van der Waals surface area contributed by atoms with E-state index in [2.05, 4.69) is 20.8 Å². The van der Waals surface area contributed by atoms with Crippen molar-refractivity contribution in [2.45, 2.75) is 13.5 Å². The van der Waals surface area contributed by atoms with E-state index >= 15 is 0 Å². The zero-order valence-corrected chi connectivity index (χ0v) is 15.0. The maximum Gasteiger partial charge on any atom is 0.272 e. The molecule has 6 nitrogen and oxygen atoms in total. The van der Waals surface area contributed by atoms with E-state index in [1.165, 1.54) is 12.1 Å². The molecule has 0 unspecified atom stereocenters. The molecule has 3 aromatic rings. The van der Waals surface area contributed by atoms with Gasteiger partial charge in [-0.15, -0.1) is 10.2 Å². The molecule has 0 aliphatic heterocycles. The van der Waals surface area contributed by atoms with Crippen LogP contribution in [0.4, 0.5) is 15.9 Å². The summed E-state index contributed by atoms with van der Waals surface area (Å²) >= 11 is 0. The number of halogens is 1. The number of nitrogens with zero attached hydrogens (tertiary/aromatic N) is 2. The lowest BCUT2D eigenvalue weighted by atomic mass is 10.2. The molecular weight excluding hydrogens is 347 g/mol. The molecule has 0 radical (unpaired) electrons. The van der Waals surface area contributed by atoms with E-state index in [1.807, 2.05) is 25.1 Å². The molecule has 3 rings (SSSR count). The van der Waals surface area contributed by atoms with Crippen LogP contribution >= 0.6 is 0 Å². The topological polar surface area (TPSA) is 76.1 Å². The van der Waals surface area contributed by atoms with Crippen LogP contribution in [0.15, 0.2) is 54.6 Å². The van der Waals surface area contributed by atoms with Crippen LogP contribution in [0.3, 0.4) is 0 Å². The molecule has 0 saturated heterocycles. The Morgan fingerprint density at radius 2 is 1.85 bits per heavy atom. The summed E-state index contributed by atoms with van der Waals surface area (Å²) in [6.07, 6.45) is 0. The Labute approximate surface area is 156 Å². The molecule has 0 spiro atoms. The van der Waals surface area contributed by atoms with Gasteiger partial charge in [-0.2, -0.15) is 0 Å². The van der Waals surface area contributed by atoms with E-state index in [4.69, 9.17) is 4.74 Å². The quantitative estimate of drug-likeness (QED) is 0.697. The number of aryl methyl sites for hydroxylation is 1. The number of methoxy groups -OCH3 is 1. The van der Waals surface area contributed by atoms with Crippen molar-refractivity contribution in [1.82, 2.24) is 15.5 Å². The summed E-state index contributed by atoms with van der Waals surface area (Å²) in [5.41, 5.74) is 2.82. The zero-order valence-electron chi connectivity index (χ0n) is 15.0. The Morgan fingerprint density at radius 3 is 2.52 bits per heavy atom. The summed E-state index contributed by atoms with van der Waals surface area (Å²) in [5, 5.41) is 13.8. The second-order valence-corrected chi connectivity index (χ2v) is 5.94. The molecule has 27 heavy (non-hydrogen) atoms. The molecule has 0 aliphatic carbocycles. The fourth-order valence-corrected chi connectivity index (χ4v) is 2.45. The average molecular weight is 366 g/mol. The summed E-state index contributed by atoms with van der Waals surface area (Å²) in [5.74, 6) is 0.508. The van der Waals surface area contributed by atoms with Crippen molar-refractivity contribution in [1.29, 1.82) is 0 Å². The van der Waals surface area contributed by atoms with E-state index in [-0.39, 0.29) is 24.0 Å². The molecule has 138 valence electrons. The normalized spacial score (nSPS) is 10.3. The fourth-order valence-electron chi connectivity index (χ4n) is 2.45. The van der Waals surface area contributed by atoms with Gasteiger partial charge in [-0.25, -0.2) is 4.39 Å². The highest BCUT2D eigenvalue weighted by molar-refractivity contribution is 5.92. The number of benzene rings is 2. The van der Waals surface area contributed by atoms with Crippen molar-refractivity contribution in [2.24, 2.45) is 0 Å². The van der Waals surface area contributed by atoms with E-state index in [0.29, 0.717) is 11.6 Å². The maximum absolute atomic E-state index is 12.9. The first-order chi connectivity index (χ1) is 13.0. The van der Waals surface area contributed by atoms with Crippen LogP contribution < -0.4 is 15.4 Å².